The predicted octanol–water partition coefficient (Wildman–Crippen LogP) is 3.91. The maximum Gasteiger partial charge on any atom is 0.289 e. The van der Waals surface area contributed by atoms with E-state index in [0.29, 0.717) is 37.4 Å². The molecule has 0 radical (unpaired) electrons. The summed E-state index contributed by atoms with van der Waals surface area (Å²) < 4.78 is 7.83. The highest BCUT2D eigenvalue weighted by molar-refractivity contribution is 6.00. The van der Waals surface area contributed by atoms with Crippen LogP contribution in [0.15, 0.2) is 65.5 Å². The summed E-state index contributed by atoms with van der Waals surface area (Å²) in [5, 5.41) is 12.4. The molecule has 1 saturated heterocycles. The highest BCUT2D eigenvalue weighted by Gasteiger charge is 2.25. The number of carbonyl (C=O) groups excluding carboxylic acids is 2. The van der Waals surface area contributed by atoms with Crippen LogP contribution in [-0.4, -0.2) is 87.9 Å². The second-order valence-electron chi connectivity index (χ2n) is 11.1. The van der Waals surface area contributed by atoms with Gasteiger partial charge in [0.25, 0.3) is 5.91 Å². The second-order valence-corrected chi connectivity index (χ2v) is 11.1. The molecule has 2 amide bonds. The Balaban J connectivity index is 1.22. The molecule has 1 fully saturated rings. The van der Waals surface area contributed by atoms with E-state index in [1.165, 1.54) is 4.90 Å². The maximum atomic E-state index is 13.0. The van der Waals surface area contributed by atoms with Crippen LogP contribution in [0.4, 0.5) is 11.5 Å². The van der Waals surface area contributed by atoms with E-state index in [2.05, 4.69) is 43.7 Å². The van der Waals surface area contributed by atoms with E-state index >= 15 is 0 Å². The van der Waals surface area contributed by atoms with E-state index in [1.807, 2.05) is 35.4 Å². The summed E-state index contributed by atoms with van der Waals surface area (Å²) >= 11 is 0. The van der Waals surface area contributed by atoms with Crippen molar-refractivity contribution in [2.75, 3.05) is 50.5 Å². The van der Waals surface area contributed by atoms with Crippen molar-refractivity contribution in [3.63, 3.8) is 0 Å². The number of aryl methyl sites for hydroxylation is 1. The molecule has 0 bridgehead atoms. The largest absolute Gasteiger partial charge is 0.449 e. The molecule has 218 valence electrons. The lowest BCUT2D eigenvalue weighted by molar-refractivity contribution is -0.131. The molecule has 11 heteroatoms. The number of nitrogens with one attached hydrogen (secondary N) is 1. The van der Waals surface area contributed by atoms with Gasteiger partial charge in [0.2, 0.25) is 5.91 Å². The number of nitrogens with zero attached hydrogens (tertiary/aromatic N) is 7. The minimum absolute atomic E-state index is 0.0948. The molecule has 0 atom stereocenters. The zero-order chi connectivity index (χ0) is 29.1. The van der Waals surface area contributed by atoms with Crippen molar-refractivity contribution in [2.24, 2.45) is 0 Å². The number of fused-ring (bicyclic) bond motifs is 1. The number of hydrogen-bond acceptors (Lipinski definition) is 8. The first kappa shape index (κ1) is 27.5. The third-order valence-electron chi connectivity index (χ3n) is 7.96. The summed E-state index contributed by atoms with van der Waals surface area (Å²) in [5.41, 5.74) is 3.65. The van der Waals surface area contributed by atoms with Crippen LogP contribution in [0.25, 0.3) is 16.5 Å². The Morgan fingerprint density at radius 3 is 2.69 bits per heavy atom. The lowest BCUT2D eigenvalue weighted by Crippen LogP contribution is -2.39. The minimum Gasteiger partial charge on any atom is -0.449 e. The Morgan fingerprint density at radius 1 is 1.10 bits per heavy atom. The van der Waals surface area contributed by atoms with Gasteiger partial charge >= 0.3 is 0 Å². The summed E-state index contributed by atoms with van der Waals surface area (Å²) in [4.78, 5) is 36.1. The van der Waals surface area contributed by atoms with Gasteiger partial charge < -0.3 is 24.4 Å². The van der Waals surface area contributed by atoms with Gasteiger partial charge in [0.15, 0.2) is 11.3 Å². The van der Waals surface area contributed by atoms with Gasteiger partial charge in [0, 0.05) is 70.5 Å². The Labute approximate surface area is 244 Å². The summed E-state index contributed by atoms with van der Waals surface area (Å²) in [5.74, 6) is 1.23. The van der Waals surface area contributed by atoms with Crippen molar-refractivity contribution in [3.8, 4) is 0 Å². The maximum absolute atomic E-state index is 13.0. The number of aromatic nitrogens is 4. The van der Waals surface area contributed by atoms with Crippen molar-refractivity contribution in [1.29, 1.82) is 0 Å². The number of anilines is 2. The highest BCUT2D eigenvalue weighted by atomic mass is 16.3. The lowest BCUT2D eigenvalue weighted by atomic mass is 9.98. The first-order valence-corrected chi connectivity index (χ1v) is 14.5. The van der Waals surface area contributed by atoms with Gasteiger partial charge in [-0.2, -0.15) is 0 Å². The average molecular weight is 569 g/mol. The predicted molar refractivity (Wildman–Crippen MR) is 161 cm³/mol. The Hall–Kier alpha value is -4.67. The molecule has 0 aliphatic carbocycles. The first-order valence-electron chi connectivity index (χ1n) is 14.5. The summed E-state index contributed by atoms with van der Waals surface area (Å²) in [6.45, 7) is 3.53. The van der Waals surface area contributed by atoms with Gasteiger partial charge in [-0.15, -0.1) is 5.10 Å². The third-order valence-corrected chi connectivity index (χ3v) is 7.96. The summed E-state index contributed by atoms with van der Waals surface area (Å²) in [7, 11) is 3.44. The van der Waals surface area contributed by atoms with E-state index in [4.69, 9.17) is 4.42 Å². The van der Waals surface area contributed by atoms with Crippen molar-refractivity contribution >= 4 is 39.9 Å². The quantitative estimate of drug-likeness (QED) is 0.341. The molecule has 1 N–H and O–H groups in total. The topological polar surface area (TPSA) is 113 Å². The average Bonchev–Trinajstić information content (AvgIpc) is 3.71. The van der Waals surface area contributed by atoms with Gasteiger partial charge in [0.05, 0.1) is 18.4 Å². The lowest BCUT2D eigenvalue weighted by Gasteiger charge is -2.33. The van der Waals surface area contributed by atoms with E-state index in [1.54, 1.807) is 31.2 Å². The van der Waals surface area contributed by atoms with Crippen LogP contribution in [0.1, 0.15) is 41.8 Å². The molecule has 5 heterocycles. The number of rotatable bonds is 8. The van der Waals surface area contributed by atoms with Crippen LogP contribution < -0.4 is 10.2 Å². The molecule has 0 saturated carbocycles. The van der Waals surface area contributed by atoms with Crippen LogP contribution in [0.3, 0.4) is 0 Å². The molecule has 11 nitrogen and oxygen atoms in total. The first-order chi connectivity index (χ1) is 20.4. The monoisotopic (exact) mass is 568 g/mol. The zero-order valence-electron chi connectivity index (χ0n) is 24.1. The fourth-order valence-corrected chi connectivity index (χ4v) is 5.67. The Bertz CT molecular complexity index is 1570. The molecule has 4 aromatic rings. The summed E-state index contributed by atoms with van der Waals surface area (Å²) in [6.07, 6.45) is 10.5. The fourth-order valence-electron chi connectivity index (χ4n) is 5.67. The molecule has 42 heavy (non-hydrogen) atoms. The minimum atomic E-state index is -0.177. The van der Waals surface area contributed by atoms with Crippen molar-refractivity contribution in [1.82, 2.24) is 29.8 Å². The molecule has 6 rings (SSSR count). The van der Waals surface area contributed by atoms with Crippen molar-refractivity contribution in [2.45, 2.75) is 38.3 Å². The molecule has 0 spiro atoms. The number of hydrogen-bond donors (Lipinski definition) is 1. The van der Waals surface area contributed by atoms with Gasteiger partial charge in [-0.3, -0.25) is 14.3 Å². The molecule has 1 aromatic carbocycles. The molecular weight excluding hydrogens is 532 g/mol. The molecule has 2 aliphatic rings. The number of pyridine rings is 1. The normalized spacial score (nSPS) is 16.0. The van der Waals surface area contributed by atoms with E-state index in [0.717, 1.165) is 60.4 Å². The van der Waals surface area contributed by atoms with Crippen LogP contribution in [0, 0.1) is 0 Å². The Kier molecular flexibility index (Phi) is 7.89. The fraction of sp³-hybridized carbons (Fsp3) is 0.387. The van der Waals surface area contributed by atoms with Crippen LogP contribution >= 0.6 is 0 Å². The number of carbonyl (C=O) groups is 2. The van der Waals surface area contributed by atoms with E-state index in [-0.39, 0.29) is 17.9 Å². The molecule has 0 unspecified atom stereocenters. The van der Waals surface area contributed by atoms with Crippen LogP contribution in [-0.2, 0) is 11.3 Å². The number of benzene rings is 1. The third kappa shape index (κ3) is 6.00. The number of furan rings is 1. The van der Waals surface area contributed by atoms with E-state index < -0.39 is 0 Å². The molecular formula is C31H36N8O3. The second kappa shape index (κ2) is 12.1. The smallest absolute Gasteiger partial charge is 0.289 e. The SMILES string of the molecule is CN(C)C(=O)c1cc2cc(C3=CCCN(C(=O)CCn4ccnn4)C3)cc(NC3CCN(c4ccccn4)CC3)c2o1. The molecule has 3 aromatic heterocycles. The number of piperidine rings is 1. The van der Waals surface area contributed by atoms with Crippen LogP contribution in [0.5, 0.6) is 0 Å². The van der Waals surface area contributed by atoms with Crippen molar-refractivity contribution in [3.05, 3.63) is 72.4 Å². The highest BCUT2D eigenvalue weighted by Crippen LogP contribution is 2.34. The van der Waals surface area contributed by atoms with E-state index in [9.17, 15) is 9.59 Å². The van der Waals surface area contributed by atoms with Gasteiger partial charge in [-0.05, 0) is 60.7 Å². The Morgan fingerprint density at radius 2 is 1.95 bits per heavy atom. The van der Waals surface area contributed by atoms with Crippen LogP contribution in [0.2, 0.25) is 0 Å². The number of amides is 2. The van der Waals surface area contributed by atoms with Gasteiger partial charge in [0.1, 0.15) is 5.82 Å². The standard InChI is InChI=1S/C31H36N8O3/c1-36(2)31(41)27-20-24-18-23(22-6-5-13-38(21-22)29(40)10-16-39-17-12-33-35-39)19-26(30(24)42-27)34-25-8-14-37(15-9-25)28-7-3-4-11-32-28/h3-4,6-7,11-12,17-20,25,34H,5,8-10,13-16,21H2,1-2H3. The molecule has 2 aliphatic heterocycles. The summed E-state index contributed by atoms with van der Waals surface area (Å²) in [6, 6.07) is 12.2. The van der Waals surface area contributed by atoms with Gasteiger partial charge in [-0.25, -0.2) is 4.98 Å². The van der Waals surface area contributed by atoms with Crippen molar-refractivity contribution < 1.29 is 14.0 Å². The van der Waals surface area contributed by atoms with Gasteiger partial charge in [-0.1, -0.05) is 17.4 Å². The zero-order valence-corrected chi connectivity index (χ0v) is 24.1.